The van der Waals surface area contributed by atoms with Crippen molar-refractivity contribution >= 4 is 33.6 Å². The topological polar surface area (TPSA) is 69.8 Å². The monoisotopic (exact) mass is 406 g/mol. The van der Waals surface area contributed by atoms with Gasteiger partial charge in [-0.25, -0.2) is 14.8 Å². The normalized spacial score (nSPS) is 11.4. The van der Waals surface area contributed by atoms with Gasteiger partial charge < -0.3 is 0 Å². The third kappa shape index (κ3) is 3.46. The summed E-state index contributed by atoms with van der Waals surface area (Å²) in [5, 5.41) is 3.40. The molecule has 4 rings (SSSR count). The van der Waals surface area contributed by atoms with Crippen LogP contribution in [0.25, 0.3) is 21.8 Å². The highest BCUT2D eigenvalue weighted by molar-refractivity contribution is 7.98. The molecule has 0 saturated carbocycles. The summed E-state index contributed by atoms with van der Waals surface area (Å²) < 4.78 is 2.55. The lowest BCUT2D eigenvalue weighted by Crippen LogP contribution is -2.37. The predicted molar refractivity (Wildman–Crippen MR) is 118 cm³/mol. The van der Waals surface area contributed by atoms with E-state index in [1.165, 1.54) is 39.7 Å². The number of benzene rings is 2. The van der Waals surface area contributed by atoms with Crippen LogP contribution in [0.2, 0.25) is 0 Å². The molecule has 0 unspecified atom stereocenters. The van der Waals surface area contributed by atoms with Gasteiger partial charge in [-0.05, 0) is 22.8 Å². The molecule has 0 amide bonds. The van der Waals surface area contributed by atoms with Gasteiger partial charge in [0.05, 0.1) is 0 Å². The molecule has 2 heterocycles. The molecular formula is C22H22N4O2S. The molecule has 0 saturated heterocycles. The molecule has 0 aliphatic heterocycles. The van der Waals surface area contributed by atoms with Crippen LogP contribution in [0.1, 0.15) is 24.7 Å². The van der Waals surface area contributed by atoms with E-state index in [2.05, 4.69) is 41.2 Å². The van der Waals surface area contributed by atoms with Crippen molar-refractivity contribution in [2.45, 2.75) is 30.5 Å². The number of hydrogen-bond acceptors (Lipinski definition) is 5. The number of fused-ring (bicyclic) bond motifs is 2. The van der Waals surface area contributed by atoms with E-state index in [9.17, 15) is 9.59 Å². The van der Waals surface area contributed by atoms with Gasteiger partial charge in [0.2, 0.25) is 0 Å². The van der Waals surface area contributed by atoms with Crippen LogP contribution in [0, 0.1) is 0 Å². The van der Waals surface area contributed by atoms with Gasteiger partial charge in [0.25, 0.3) is 5.56 Å². The summed E-state index contributed by atoms with van der Waals surface area (Å²) in [5.74, 6) is 1.33. The zero-order valence-electron chi connectivity index (χ0n) is 16.7. The van der Waals surface area contributed by atoms with E-state index in [1.54, 1.807) is 7.05 Å². The van der Waals surface area contributed by atoms with Gasteiger partial charge in [-0.1, -0.05) is 49.4 Å². The van der Waals surface area contributed by atoms with E-state index in [4.69, 9.17) is 0 Å². The molecule has 0 radical (unpaired) electrons. The molecule has 0 aliphatic carbocycles. The predicted octanol–water partition coefficient (Wildman–Crippen LogP) is 3.43. The van der Waals surface area contributed by atoms with Crippen LogP contribution in [-0.2, 0) is 26.3 Å². The van der Waals surface area contributed by atoms with Gasteiger partial charge >= 0.3 is 5.69 Å². The molecule has 0 fully saturated rings. The minimum absolute atomic E-state index is 0.355. The van der Waals surface area contributed by atoms with Crippen LogP contribution in [0.4, 0.5) is 0 Å². The highest BCUT2D eigenvalue weighted by Crippen LogP contribution is 2.29. The van der Waals surface area contributed by atoms with Gasteiger partial charge in [0.1, 0.15) is 16.2 Å². The lowest BCUT2D eigenvalue weighted by molar-refractivity contribution is 0.696. The molecule has 0 atom stereocenters. The van der Waals surface area contributed by atoms with Crippen LogP contribution in [-0.4, -0.2) is 19.1 Å². The Bertz CT molecular complexity index is 1340. The first-order valence-corrected chi connectivity index (χ1v) is 10.6. The van der Waals surface area contributed by atoms with E-state index in [1.807, 2.05) is 18.2 Å². The third-order valence-corrected chi connectivity index (χ3v) is 6.06. The van der Waals surface area contributed by atoms with Crippen molar-refractivity contribution in [1.82, 2.24) is 19.1 Å². The fraction of sp³-hybridized carbons (Fsp3) is 0.273. The molecule has 4 aromatic rings. The highest BCUT2D eigenvalue weighted by atomic mass is 32.2. The average molecular weight is 407 g/mol. The molecule has 2 aromatic heterocycles. The summed E-state index contributed by atoms with van der Waals surface area (Å²) in [4.78, 5) is 34.4. The molecule has 29 heavy (non-hydrogen) atoms. The number of aromatic nitrogens is 4. The number of hydrogen-bond donors (Lipinski definition) is 0. The summed E-state index contributed by atoms with van der Waals surface area (Å²) in [6.45, 7) is 2.06. The molecule has 148 valence electrons. The maximum absolute atomic E-state index is 12.9. The van der Waals surface area contributed by atoms with Crippen molar-refractivity contribution in [1.29, 1.82) is 0 Å². The molecule has 0 bridgehead atoms. The molecule has 0 aliphatic rings. The van der Waals surface area contributed by atoms with Crippen molar-refractivity contribution in [3.05, 3.63) is 74.7 Å². The van der Waals surface area contributed by atoms with E-state index in [0.717, 1.165) is 11.0 Å². The standard InChI is InChI=1S/C22H22N4O2S/c1-4-8-17-23-19-18(21(27)26(3)22(28)25(19)2)20(24-17)29-13-15-11-7-10-14-9-5-6-12-16(14)15/h5-7,9-12H,4,8,13H2,1-3H3. The molecule has 2 aromatic carbocycles. The SMILES string of the molecule is CCCc1nc(SCc2cccc3ccccc23)c2c(=O)n(C)c(=O)n(C)c2n1. The van der Waals surface area contributed by atoms with E-state index in [0.29, 0.717) is 34.1 Å². The number of nitrogens with zero attached hydrogens (tertiary/aromatic N) is 4. The maximum Gasteiger partial charge on any atom is 0.332 e. The average Bonchev–Trinajstić information content (AvgIpc) is 2.74. The summed E-state index contributed by atoms with van der Waals surface area (Å²) in [6, 6.07) is 14.5. The Morgan fingerprint density at radius 2 is 1.72 bits per heavy atom. The second kappa shape index (κ2) is 7.83. The van der Waals surface area contributed by atoms with Crippen molar-refractivity contribution in [2.24, 2.45) is 14.1 Å². The fourth-order valence-electron chi connectivity index (χ4n) is 3.48. The smallest absolute Gasteiger partial charge is 0.280 e. The maximum atomic E-state index is 12.9. The summed E-state index contributed by atoms with van der Waals surface area (Å²) in [6.07, 6.45) is 1.58. The lowest BCUT2D eigenvalue weighted by atomic mass is 10.1. The second-order valence-corrected chi connectivity index (χ2v) is 7.99. The van der Waals surface area contributed by atoms with E-state index in [-0.39, 0.29) is 11.2 Å². The fourth-order valence-corrected chi connectivity index (χ4v) is 4.51. The number of aryl methyl sites for hydroxylation is 2. The zero-order valence-corrected chi connectivity index (χ0v) is 17.5. The first-order chi connectivity index (χ1) is 14.0. The van der Waals surface area contributed by atoms with E-state index >= 15 is 0 Å². The van der Waals surface area contributed by atoms with Gasteiger partial charge in [0, 0.05) is 26.3 Å². The Labute approximate surface area is 172 Å². The minimum Gasteiger partial charge on any atom is -0.280 e. The molecule has 0 spiro atoms. The van der Waals surface area contributed by atoms with Crippen molar-refractivity contribution in [2.75, 3.05) is 0 Å². The van der Waals surface area contributed by atoms with Gasteiger partial charge in [0.15, 0.2) is 5.65 Å². The molecule has 7 heteroatoms. The second-order valence-electron chi connectivity index (χ2n) is 7.03. The first-order valence-electron chi connectivity index (χ1n) is 9.57. The minimum atomic E-state index is -0.381. The van der Waals surface area contributed by atoms with Crippen LogP contribution in [0.15, 0.2) is 57.1 Å². The third-order valence-electron chi connectivity index (χ3n) is 5.03. The van der Waals surface area contributed by atoms with Gasteiger partial charge in [-0.2, -0.15) is 0 Å². The number of thioether (sulfide) groups is 1. The number of rotatable bonds is 5. The zero-order chi connectivity index (χ0) is 20.5. The highest BCUT2D eigenvalue weighted by Gasteiger charge is 2.17. The molecule has 6 nitrogen and oxygen atoms in total. The summed E-state index contributed by atoms with van der Waals surface area (Å²) in [5.41, 5.74) is 0.843. The Hall–Kier alpha value is -2.93. The lowest BCUT2D eigenvalue weighted by Gasteiger charge is -2.12. The molecule has 0 N–H and O–H groups in total. The van der Waals surface area contributed by atoms with Crippen molar-refractivity contribution in [3.63, 3.8) is 0 Å². The summed E-state index contributed by atoms with van der Waals surface area (Å²) in [7, 11) is 3.13. The van der Waals surface area contributed by atoms with Crippen molar-refractivity contribution < 1.29 is 0 Å². The Morgan fingerprint density at radius 1 is 0.966 bits per heavy atom. The van der Waals surface area contributed by atoms with Gasteiger partial charge in [-0.15, -0.1) is 11.8 Å². The van der Waals surface area contributed by atoms with Crippen LogP contribution in [0.3, 0.4) is 0 Å². The van der Waals surface area contributed by atoms with Crippen molar-refractivity contribution in [3.8, 4) is 0 Å². The largest absolute Gasteiger partial charge is 0.332 e. The Kier molecular flexibility index (Phi) is 5.24. The Morgan fingerprint density at radius 3 is 2.52 bits per heavy atom. The van der Waals surface area contributed by atoms with Crippen LogP contribution < -0.4 is 11.2 Å². The van der Waals surface area contributed by atoms with E-state index < -0.39 is 0 Å². The quantitative estimate of drug-likeness (QED) is 0.375. The molecular weight excluding hydrogens is 384 g/mol. The summed E-state index contributed by atoms with van der Waals surface area (Å²) >= 11 is 1.52. The Balaban J connectivity index is 1.86. The first kappa shape index (κ1) is 19.4. The van der Waals surface area contributed by atoms with Crippen LogP contribution in [0.5, 0.6) is 0 Å². The van der Waals surface area contributed by atoms with Crippen LogP contribution >= 0.6 is 11.8 Å². The van der Waals surface area contributed by atoms with Gasteiger partial charge in [-0.3, -0.25) is 13.9 Å².